The first kappa shape index (κ1) is 18.2. The van der Waals surface area contributed by atoms with E-state index in [1.54, 1.807) is 6.92 Å². The molecule has 2 amide bonds. The quantitative estimate of drug-likeness (QED) is 0.238. The molecule has 1 rings (SSSR count). The Balaban J connectivity index is 3.39. The summed E-state index contributed by atoms with van der Waals surface area (Å²) in [6.07, 6.45) is 1.50. The van der Waals surface area contributed by atoms with E-state index in [4.69, 9.17) is 21.2 Å². The Kier molecular flexibility index (Phi) is 6.78. The predicted octanol–water partition coefficient (Wildman–Crippen LogP) is 0.413. The van der Waals surface area contributed by atoms with E-state index in [1.165, 1.54) is 18.2 Å². The summed E-state index contributed by atoms with van der Waals surface area (Å²) >= 11 is 0. The minimum absolute atomic E-state index is 0.111. The average Bonchev–Trinajstić information content (AvgIpc) is 2.56. The van der Waals surface area contributed by atoms with Crippen molar-refractivity contribution in [2.45, 2.75) is 6.92 Å². The third kappa shape index (κ3) is 4.83. The predicted molar refractivity (Wildman–Crippen MR) is 85.8 cm³/mol. The minimum Gasteiger partial charge on any atom is -0.489 e. The third-order valence-corrected chi connectivity index (χ3v) is 2.66. The number of rotatable bonds is 8. The van der Waals surface area contributed by atoms with E-state index < -0.39 is 11.8 Å². The number of benzene rings is 1. The summed E-state index contributed by atoms with van der Waals surface area (Å²) < 4.78 is 10.9. The number of hydrogen-bond acceptors (Lipinski definition) is 6. The number of ether oxygens (including phenoxy) is 2. The topological polar surface area (TPSA) is 129 Å². The molecule has 0 bridgehead atoms. The average molecular weight is 320 g/mol. The zero-order valence-corrected chi connectivity index (χ0v) is 12.8. The number of carbonyl (C=O) groups excluding carboxylic acids is 2. The highest BCUT2D eigenvalue weighted by Gasteiger charge is 2.20. The van der Waals surface area contributed by atoms with E-state index in [9.17, 15) is 9.59 Å². The van der Waals surface area contributed by atoms with Crippen molar-refractivity contribution in [1.29, 1.82) is 0 Å². The lowest BCUT2D eigenvalue weighted by molar-refractivity contribution is 0.0935. The molecule has 0 saturated carbocycles. The van der Waals surface area contributed by atoms with Crippen molar-refractivity contribution in [3.63, 3.8) is 0 Å². The highest BCUT2D eigenvalue weighted by atomic mass is 16.5. The van der Waals surface area contributed by atoms with E-state index >= 15 is 0 Å². The van der Waals surface area contributed by atoms with Crippen LogP contribution in [0.2, 0.25) is 0 Å². The van der Waals surface area contributed by atoms with Gasteiger partial charge in [-0.05, 0) is 24.6 Å². The van der Waals surface area contributed by atoms with E-state index in [1.807, 2.05) is 10.9 Å². The zero-order chi connectivity index (χ0) is 17.4. The van der Waals surface area contributed by atoms with Crippen molar-refractivity contribution in [3.05, 3.63) is 48.1 Å². The maximum atomic E-state index is 11.9. The van der Waals surface area contributed by atoms with Crippen molar-refractivity contribution in [3.8, 4) is 11.5 Å². The molecule has 6 N–H and O–H groups in total. The van der Waals surface area contributed by atoms with Crippen LogP contribution in [0.5, 0.6) is 11.5 Å². The standard InChI is InChI=1S/C15H20N4O4/c1-4-5-22-12-6-11(15(21)19-17)13(23-8-9(2)3)7-10(12)14(20)18-16/h4,6-7H,1-2,5,8,16-17H2,3H3,(H,18,20)(H,19,21). The van der Waals surface area contributed by atoms with Crippen LogP contribution in [0.4, 0.5) is 0 Å². The number of hydrogen-bond donors (Lipinski definition) is 4. The largest absolute Gasteiger partial charge is 0.489 e. The number of amides is 2. The molecule has 0 saturated heterocycles. The van der Waals surface area contributed by atoms with Gasteiger partial charge >= 0.3 is 0 Å². The smallest absolute Gasteiger partial charge is 0.269 e. The Labute approximate surface area is 134 Å². The van der Waals surface area contributed by atoms with Gasteiger partial charge in [-0.3, -0.25) is 20.4 Å². The van der Waals surface area contributed by atoms with Gasteiger partial charge in [0.25, 0.3) is 11.8 Å². The van der Waals surface area contributed by atoms with Gasteiger partial charge in [-0.15, -0.1) is 0 Å². The molecule has 0 spiro atoms. The Hall–Kier alpha value is -2.84. The minimum atomic E-state index is -0.594. The molecule has 0 aromatic heterocycles. The van der Waals surface area contributed by atoms with Crippen LogP contribution in [0.15, 0.2) is 36.9 Å². The summed E-state index contributed by atoms with van der Waals surface area (Å²) in [7, 11) is 0. The van der Waals surface area contributed by atoms with Gasteiger partial charge < -0.3 is 9.47 Å². The highest BCUT2D eigenvalue weighted by molar-refractivity contribution is 6.02. The van der Waals surface area contributed by atoms with E-state index in [0.29, 0.717) is 0 Å². The number of nitrogens with two attached hydrogens (primary N) is 2. The van der Waals surface area contributed by atoms with Gasteiger partial charge in [0, 0.05) is 0 Å². The molecule has 0 fully saturated rings. The first-order chi connectivity index (χ1) is 10.9. The van der Waals surface area contributed by atoms with E-state index in [2.05, 4.69) is 13.2 Å². The molecule has 0 radical (unpaired) electrons. The van der Waals surface area contributed by atoms with Gasteiger partial charge in [0.2, 0.25) is 0 Å². The van der Waals surface area contributed by atoms with Crippen LogP contribution in [0.25, 0.3) is 0 Å². The molecule has 8 heteroatoms. The van der Waals surface area contributed by atoms with Crippen molar-refractivity contribution >= 4 is 11.8 Å². The maximum absolute atomic E-state index is 11.9. The zero-order valence-electron chi connectivity index (χ0n) is 12.8. The van der Waals surface area contributed by atoms with E-state index in [0.717, 1.165) is 5.57 Å². The van der Waals surface area contributed by atoms with Crippen LogP contribution in [-0.2, 0) is 0 Å². The van der Waals surface area contributed by atoms with Crippen molar-refractivity contribution in [2.24, 2.45) is 11.7 Å². The van der Waals surface area contributed by atoms with Gasteiger partial charge in [-0.2, -0.15) is 0 Å². The van der Waals surface area contributed by atoms with Gasteiger partial charge in [-0.25, -0.2) is 11.7 Å². The lowest BCUT2D eigenvalue weighted by Crippen LogP contribution is -2.32. The number of hydrazine groups is 2. The van der Waals surface area contributed by atoms with Crippen LogP contribution < -0.4 is 32.0 Å². The Morgan fingerprint density at radius 2 is 1.61 bits per heavy atom. The second-order valence-corrected chi connectivity index (χ2v) is 4.64. The molecule has 1 aromatic rings. The number of carbonyl (C=O) groups is 2. The molecule has 1 aromatic carbocycles. The fraction of sp³-hybridized carbons (Fsp3) is 0.200. The highest BCUT2D eigenvalue weighted by Crippen LogP contribution is 2.29. The molecule has 0 atom stereocenters. The van der Waals surface area contributed by atoms with Crippen molar-refractivity contribution in [2.75, 3.05) is 13.2 Å². The summed E-state index contributed by atoms with van der Waals surface area (Å²) in [6.45, 7) is 9.31. The van der Waals surface area contributed by atoms with Gasteiger partial charge in [0.05, 0.1) is 11.1 Å². The van der Waals surface area contributed by atoms with Crippen LogP contribution in [0.3, 0.4) is 0 Å². The first-order valence-corrected chi connectivity index (χ1v) is 6.65. The van der Waals surface area contributed by atoms with Crippen LogP contribution in [-0.4, -0.2) is 25.0 Å². The Bertz CT molecular complexity index is 628. The SMILES string of the molecule is C=CCOc1cc(C(=O)NN)c(OCC(=C)C)cc1C(=O)NN. The number of nitrogens with one attached hydrogen (secondary N) is 2. The molecule has 0 aliphatic rings. The normalized spacial score (nSPS) is 9.70. The molecule has 0 aliphatic heterocycles. The van der Waals surface area contributed by atoms with Gasteiger partial charge in [0.1, 0.15) is 24.7 Å². The molecule has 23 heavy (non-hydrogen) atoms. The molecular formula is C15H20N4O4. The maximum Gasteiger partial charge on any atom is 0.269 e. The monoisotopic (exact) mass is 320 g/mol. The molecule has 0 aliphatic carbocycles. The lowest BCUT2D eigenvalue weighted by atomic mass is 10.1. The fourth-order valence-electron chi connectivity index (χ4n) is 1.66. The van der Waals surface area contributed by atoms with Gasteiger partial charge in [-0.1, -0.05) is 19.2 Å². The summed E-state index contributed by atoms with van der Waals surface area (Å²) in [4.78, 5) is 23.8. The molecule has 0 heterocycles. The Morgan fingerprint density at radius 3 is 2.00 bits per heavy atom. The second kappa shape index (κ2) is 8.57. The first-order valence-electron chi connectivity index (χ1n) is 6.65. The summed E-state index contributed by atoms with van der Waals surface area (Å²) in [6, 6.07) is 2.71. The van der Waals surface area contributed by atoms with Crippen LogP contribution in [0, 0.1) is 0 Å². The summed E-state index contributed by atoms with van der Waals surface area (Å²) in [5.41, 5.74) is 4.98. The van der Waals surface area contributed by atoms with Crippen molar-refractivity contribution in [1.82, 2.24) is 10.9 Å². The molecule has 124 valence electrons. The molecular weight excluding hydrogens is 300 g/mol. The number of nitrogen functional groups attached to an aromatic ring is 2. The third-order valence-electron chi connectivity index (χ3n) is 2.66. The summed E-state index contributed by atoms with van der Waals surface area (Å²) in [5.74, 6) is 9.46. The van der Waals surface area contributed by atoms with Gasteiger partial charge in [0.15, 0.2) is 0 Å². The Morgan fingerprint density at radius 1 is 1.13 bits per heavy atom. The second-order valence-electron chi connectivity index (χ2n) is 4.64. The lowest BCUT2D eigenvalue weighted by Gasteiger charge is -2.16. The van der Waals surface area contributed by atoms with Crippen molar-refractivity contribution < 1.29 is 19.1 Å². The molecule has 8 nitrogen and oxygen atoms in total. The van der Waals surface area contributed by atoms with Crippen LogP contribution in [0.1, 0.15) is 27.6 Å². The molecule has 0 unspecified atom stereocenters. The summed E-state index contributed by atoms with van der Waals surface area (Å²) in [5, 5.41) is 0. The van der Waals surface area contributed by atoms with E-state index in [-0.39, 0.29) is 35.8 Å². The van der Waals surface area contributed by atoms with Crippen LogP contribution >= 0.6 is 0 Å². The fourth-order valence-corrected chi connectivity index (χ4v) is 1.66.